The monoisotopic (exact) mass is 176 g/mol. The van der Waals surface area contributed by atoms with Gasteiger partial charge in [0.05, 0.1) is 0 Å². The van der Waals surface area contributed by atoms with Gasteiger partial charge in [-0.15, -0.1) is 0 Å². The van der Waals surface area contributed by atoms with Crippen LogP contribution in [0.3, 0.4) is 0 Å². The highest BCUT2D eigenvalue weighted by molar-refractivity contribution is 5.74. The topological polar surface area (TPSA) is 17.1 Å². The Balaban J connectivity index is 2.85. The number of carbonyl (C=O) groups is 1. The first-order valence-corrected chi connectivity index (χ1v) is 4.70. The van der Waals surface area contributed by atoms with Gasteiger partial charge in [-0.2, -0.15) is 0 Å². The number of aldehydes is 1. The average molecular weight is 176 g/mol. The highest BCUT2D eigenvalue weighted by Gasteiger charge is 2.08. The molecule has 0 aromatic heterocycles. The lowest BCUT2D eigenvalue weighted by atomic mass is 9.90. The van der Waals surface area contributed by atoms with Crippen LogP contribution in [0.4, 0.5) is 0 Å². The van der Waals surface area contributed by atoms with Gasteiger partial charge >= 0.3 is 0 Å². The summed E-state index contributed by atoms with van der Waals surface area (Å²) in [6.07, 6.45) is 0.879. The van der Waals surface area contributed by atoms with Crippen molar-refractivity contribution in [2.24, 2.45) is 5.92 Å². The molecule has 0 aliphatic rings. The van der Waals surface area contributed by atoms with E-state index >= 15 is 0 Å². The third-order valence-corrected chi connectivity index (χ3v) is 2.60. The van der Waals surface area contributed by atoms with Crippen molar-refractivity contribution in [3.63, 3.8) is 0 Å². The fourth-order valence-electron chi connectivity index (χ4n) is 1.26. The van der Waals surface area contributed by atoms with Crippen LogP contribution in [0.2, 0.25) is 0 Å². The first-order valence-electron chi connectivity index (χ1n) is 4.70. The summed E-state index contributed by atoms with van der Waals surface area (Å²) < 4.78 is 0. The molecular formula is C12H16O. The Hall–Kier alpha value is -1.11. The lowest BCUT2D eigenvalue weighted by molar-refractivity contribution is 0.112. The number of benzene rings is 1. The van der Waals surface area contributed by atoms with E-state index in [2.05, 4.69) is 20.8 Å². The second-order valence-electron chi connectivity index (χ2n) is 3.82. The minimum absolute atomic E-state index is 0.556. The maximum atomic E-state index is 10.4. The Labute approximate surface area is 79.8 Å². The van der Waals surface area contributed by atoms with E-state index in [-0.39, 0.29) is 0 Å². The van der Waals surface area contributed by atoms with Crippen molar-refractivity contribution in [2.75, 3.05) is 0 Å². The largest absolute Gasteiger partial charge is 0.298 e. The van der Waals surface area contributed by atoms with Crippen molar-refractivity contribution >= 4 is 6.29 Å². The number of hydrogen-bond acceptors (Lipinski definition) is 1. The summed E-state index contributed by atoms with van der Waals surface area (Å²) in [5.41, 5.74) is 2.06. The second-order valence-corrected chi connectivity index (χ2v) is 3.82. The van der Waals surface area contributed by atoms with Gasteiger partial charge in [0.1, 0.15) is 6.29 Å². The molecule has 13 heavy (non-hydrogen) atoms. The van der Waals surface area contributed by atoms with Crippen LogP contribution in [-0.2, 0) is 0 Å². The Bertz CT molecular complexity index is 272. The standard InChI is InChI=1S/C12H16O/c1-9(2)10(3)12-6-4-11(8-13)5-7-12/h4-10H,1-3H3. The van der Waals surface area contributed by atoms with E-state index in [0.29, 0.717) is 11.8 Å². The lowest BCUT2D eigenvalue weighted by Gasteiger charge is -2.15. The molecule has 0 fully saturated rings. The third-order valence-electron chi connectivity index (χ3n) is 2.60. The van der Waals surface area contributed by atoms with Crippen molar-refractivity contribution in [3.8, 4) is 0 Å². The van der Waals surface area contributed by atoms with Gasteiger partial charge in [-0.05, 0) is 17.4 Å². The average Bonchev–Trinajstić information content (AvgIpc) is 2.17. The molecule has 0 N–H and O–H groups in total. The van der Waals surface area contributed by atoms with Crippen LogP contribution in [0, 0.1) is 5.92 Å². The van der Waals surface area contributed by atoms with E-state index < -0.39 is 0 Å². The lowest BCUT2D eigenvalue weighted by Crippen LogP contribution is -2.01. The minimum atomic E-state index is 0.556. The van der Waals surface area contributed by atoms with Crippen molar-refractivity contribution in [2.45, 2.75) is 26.7 Å². The summed E-state index contributed by atoms with van der Waals surface area (Å²) >= 11 is 0. The molecule has 1 nitrogen and oxygen atoms in total. The van der Waals surface area contributed by atoms with Crippen molar-refractivity contribution in [1.29, 1.82) is 0 Å². The molecule has 0 saturated heterocycles. The molecule has 1 aromatic carbocycles. The fraction of sp³-hybridized carbons (Fsp3) is 0.417. The SMILES string of the molecule is CC(C)C(C)c1ccc(C=O)cc1. The summed E-state index contributed by atoms with van der Waals surface area (Å²) in [5.74, 6) is 1.20. The molecule has 1 aromatic rings. The zero-order valence-corrected chi connectivity index (χ0v) is 8.45. The molecular weight excluding hydrogens is 160 g/mol. The molecule has 0 aliphatic carbocycles. The zero-order chi connectivity index (χ0) is 9.84. The van der Waals surface area contributed by atoms with Gasteiger partial charge in [0.15, 0.2) is 0 Å². The third kappa shape index (κ3) is 2.41. The molecule has 1 atom stereocenters. The smallest absolute Gasteiger partial charge is 0.150 e. The maximum absolute atomic E-state index is 10.4. The molecule has 0 bridgehead atoms. The highest BCUT2D eigenvalue weighted by Crippen LogP contribution is 2.23. The van der Waals surface area contributed by atoms with Gasteiger partial charge in [0.2, 0.25) is 0 Å². The van der Waals surface area contributed by atoms with Crippen LogP contribution in [-0.4, -0.2) is 6.29 Å². The van der Waals surface area contributed by atoms with E-state index in [1.807, 2.05) is 24.3 Å². The van der Waals surface area contributed by atoms with E-state index in [1.165, 1.54) is 5.56 Å². The Kier molecular flexibility index (Phi) is 3.24. The van der Waals surface area contributed by atoms with Gasteiger partial charge in [0.25, 0.3) is 0 Å². The van der Waals surface area contributed by atoms with Crippen molar-refractivity contribution in [1.82, 2.24) is 0 Å². The number of carbonyl (C=O) groups excluding carboxylic acids is 1. The summed E-state index contributed by atoms with van der Waals surface area (Å²) in [6.45, 7) is 6.62. The van der Waals surface area contributed by atoms with Gasteiger partial charge in [-0.1, -0.05) is 45.0 Å². The Morgan fingerprint density at radius 3 is 2.00 bits per heavy atom. The summed E-state index contributed by atoms with van der Waals surface area (Å²) in [6, 6.07) is 7.82. The molecule has 0 amide bonds. The minimum Gasteiger partial charge on any atom is -0.298 e. The van der Waals surface area contributed by atoms with Gasteiger partial charge in [-0.25, -0.2) is 0 Å². The van der Waals surface area contributed by atoms with Crippen LogP contribution in [0.25, 0.3) is 0 Å². The molecule has 1 unspecified atom stereocenters. The van der Waals surface area contributed by atoms with Crippen molar-refractivity contribution in [3.05, 3.63) is 35.4 Å². The first-order chi connectivity index (χ1) is 6.15. The molecule has 0 heterocycles. The summed E-state index contributed by atoms with van der Waals surface area (Å²) in [5, 5.41) is 0. The quantitative estimate of drug-likeness (QED) is 0.646. The number of hydrogen-bond donors (Lipinski definition) is 0. The van der Waals surface area contributed by atoms with E-state index in [9.17, 15) is 4.79 Å². The summed E-state index contributed by atoms with van der Waals surface area (Å²) in [7, 11) is 0. The fourth-order valence-corrected chi connectivity index (χ4v) is 1.26. The molecule has 0 radical (unpaired) electrons. The second kappa shape index (κ2) is 4.22. The van der Waals surface area contributed by atoms with Crippen LogP contribution in [0.5, 0.6) is 0 Å². The summed E-state index contributed by atoms with van der Waals surface area (Å²) in [4.78, 5) is 10.4. The van der Waals surface area contributed by atoms with E-state index in [4.69, 9.17) is 0 Å². The van der Waals surface area contributed by atoms with Crippen LogP contribution in [0.1, 0.15) is 42.6 Å². The Morgan fingerprint density at radius 1 is 1.08 bits per heavy atom. The van der Waals surface area contributed by atoms with Crippen LogP contribution in [0.15, 0.2) is 24.3 Å². The normalized spacial score (nSPS) is 12.9. The maximum Gasteiger partial charge on any atom is 0.150 e. The predicted molar refractivity (Wildman–Crippen MR) is 55.1 cm³/mol. The van der Waals surface area contributed by atoms with Crippen LogP contribution < -0.4 is 0 Å². The highest BCUT2D eigenvalue weighted by atomic mass is 16.1. The molecule has 0 aliphatic heterocycles. The molecule has 1 rings (SSSR count). The van der Waals surface area contributed by atoms with Crippen LogP contribution >= 0.6 is 0 Å². The van der Waals surface area contributed by atoms with Crippen molar-refractivity contribution < 1.29 is 4.79 Å². The van der Waals surface area contributed by atoms with Gasteiger partial charge in [-0.3, -0.25) is 4.79 Å². The van der Waals surface area contributed by atoms with E-state index in [0.717, 1.165) is 11.8 Å². The molecule has 1 heteroatoms. The zero-order valence-electron chi connectivity index (χ0n) is 8.45. The molecule has 0 spiro atoms. The predicted octanol–water partition coefficient (Wildman–Crippen LogP) is 3.26. The Morgan fingerprint density at radius 2 is 1.62 bits per heavy atom. The molecule has 70 valence electrons. The van der Waals surface area contributed by atoms with Gasteiger partial charge < -0.3 is 0 Å². The van der Waals surface area contributed by atoms with Gasteiger partial charge in [0, 0.05) is 5.56 Å². The first kappa shape index (κ1) is 9.97. The number of rotatable bonds is 3. The molecule has 0 saturated carbocycles. The van der Waals surface area contributed by atoms with E-state index in [1.54, 1.807) is 0 Å².